The molecule has 11 heteroatoms. The summed E-state index contributed by atoms with van der Waals surface area (Å²) in [6.07, 6.45) is 0.996. The van der Waals surface area contributed by atoms with Crippen molar-refractivity contribution in [3.05, 3.63) is 63.4 Å². The average molecular weight is 399 g/mol. The lowest BCUT2D eigenvalue weighted by Gasteiger charge is -2.19. The second-order valence-corrected chi connectivity index (χ2v) is 6.22. The Labute approximate surface area is 156 Å². The van der Waals surface area contributed by atoms with Crippen LogP contribution in [0.1, 0.15) is 11.1 Å². The molecule has 0 spiro atoms. The Morgan fingerprint density at radius 2 is 1.93 bits per heavy atom. The number of aromatic nitrogens is 5. The number of alkyl halides is 3. The predicted octanol–water partition coefficient (Wildman–Crippen LogP) is 2.67. The Kier molecular flexibility index (Phi) is 4.92. The highest BCUT2D eigenvalue weighted by molar-refractivity contribution is 6.33. The van der Waals surface area contributed by atoms with Crippen molar-refractivity contribution in [2.75, 3.05) is 11.9 Å². The summed E-state index contributed by atoms with van der Waals surface area (Å²) in [5.41, 5.74) is -0.309. The lowest BCUT2D eigenvalue weighted by Crippen LogP contribution is -2.26. The van der Waals surface area contributed by atoms with E-state index in [9.17, 15) is 18.0 Å². The first-order valence-electron chi connectivity index (χ1n) is 7.67. The number of halogens is 4. The quantitative estimate of drug-likeness (QED) is 0.676. The number of hydrogen-bond donors (Lipinski definition) is 0. The van der Waals surface area contributed by atoms with E-state index < -0.39 is 17.3 Å². The maximum absolute atomic E-state index is 12.6. The number of pyridine rings is 1. The topological polar surface area (TPSA) is 68.8 Å². The largest absolute Gasteiger partial charge is 0.417 e. The number of anilines is 1. The molecular weight excluding hydrogens is 385 g/mol. The van der Waals surface area contributed by atoms with Crippen LogP contribution in [-0.4, -0.2) is 31.6 Å². The first kappa shape index (κ1) is 18.9. The van der Waals surface area contributed by atoms with Gasteiger partial charge in [0.15, 0.2) is 5.82 Å². The van der Waals surface area contributed by atoms with Crippen LogP contribution < -0.4 is 10.5 Å². The van der Waals surface area contributed by atoms with Crippen LogP contribution in [0.25, 0.3) is 5.82 Å². The lowest BCUT2D eigenvalue weighted by molar-refractivity contribution is -0.137. The third-order valence-electron chi connectivity index (χ3n) is 3.78. The van der Waals surface area contributed by atoms with Gasteiger partial charge in [0.25, 0.3) is 5.56 Å². The Hall–Kier alpha value is -2.88. The third-order valence-corrected chi connectivity index (χ3v) is 4.14. The van der Waals surface area contributed by atoms with Gasteiger partial charge in [0.2, 0.25) is 0 Å². The van der Waals surface area contributed by atoms with Crippen molar-refractivity contribution in [2.24, 2.45) is 7.05 Å². The summed E-state index contributed by atoms with van der Waals surface area (Å²) in [5.74, 6) is -0.0589. The molecular formula is C16H14ClF3N6O. The van der Waals surface area contributed by atoms with Gasteiger partial charge in [-0.3, -0.25) is 9.48 Å². The Bertz CT molecular complexity index is 1010. The van der Waals surface area contributed by atoms with Gasteiger partial charge in [0.1, 0.15) is 5.02 Å². The molecule has 0 N–H and O–H groups in total. The third kappa shape index (κ3) is 3.95. The normalized spacial score (nSPS) is 11.6. The van der Waals surface area contributed by atoms with Crippen LogP contribution in [0.2, 0.25) is 5.02 Å². The zero-order chi connectivity index (χ0) is 19.8. The monoisotopic (exact) mass is 398 g/mol. The van der Waals surface area contributed by atoms with Crippen LogP contribution in [0.3, 0.4) is 0 Å². The van der Waals surface area contributed by atoms with Crippen LogP contribution in [0.4, 0.5) is 18.9 Å². The molecule has 3 aromatic heterocycles. The number of nitrogens with zero attached hydrogens (tertiary/aromatic N) is 6. The summed E-state index contributed by atoms with van der Waals surface area (Å²) in [6.45, 7) is 0.442. The number of aryl methyl sites for hydroxylation is 1. The Morgan fingerprint density at radius 1 is 1.19 bits per heavy atom. The number of hydrogen-bond acceptors (Lipinski definition) is 5. The summed E-state index contributed by atoms with van der Waals surface area (Å²) in [5, 5.41) is 7.94. The first-order chi connectivity index (χ1) is 12.7. The van der Waals surface area contributed by atoms with Crippen LogP contribution in [0.15, 0.2) is 41.7 Å². The van der Waals surface area contributed by atoms with E-state index in [0.29, 0.717) is 18.4 Å². The number of rotatable bonds is 4. The fraction of sp³-hybridized carbons (Fsp3) is 0.250. The molecule has 27 heavy (non-hydrogen) atoms. The molecule has 7 nitrogen and oxygen atoms in total. The van der Waals surface area contributed by atoms with Crippen molar-refractivity contribution < 1.29 is 13.2 Å². The fourth-order valence-corrected chi connectivity index (χ4v) is 2.72. The molecule has 0 aromatic carbocycles. The highest BCUT2D eigenvalue weighted by Gasteiger charge is 2.30. The van der Waals surface area contributed by atoms with Crippen LogP contribution in [0.5, 0.6) is 0 Å². The second-order valence-electron chi connectivity index (χ2n) is 5.84. The minimum Gasteiger partial charge on any atom is -0.367 e. The SMILES string of the molecule is CN(Cc1cnn(C)c1)c1cnn(-c2ccc(C(F)(F)F)cn2)c(=O)c1Cl. The molecule has 0 saturated carbocycles. The van der Waals surface area contributed by atoms with E-state index in [-0.39, 0.29) is 10.8 Å². The van der Waals surface area contributed by atoms with Gasteiger partial charge < -0.3 is 4.90 Å². The predicted molar refractivity (Wildman–Crippen MR) is 93.0 cm³/mol. The van der Waals surface area contributed by atoms with Crippen molar-refractivity contribution in [1.82, 2.24) is 24.5 Å². The van der Waals surface area contributed by atoms with Gasteiger partial charge in [-0.15, -0.1) is 0 Å². The van der Waals surface area contributed by atoms with Gasteiger partial charge in [-0.25, -0.2) is 4.98 Å². The van der Waals surface area contributed by atoms with Crippen LogP contribution in [-0.2, 0) is 19.8 Å². The van der Waals surface area contributed by atoms with Crippen molar-refractivity contribution >= 4 is 17.3 Å². The van der Waals surface area contributed by atoms with Gasteiger partial charge in [-0.1, -0.05) is 11.6 Å². The molecule has 0 amide bonds. The molecule has 0 aliphatic carbocycles. The van der Waals surface area contributed by atoms with E-state index in [1.807, 2.05) is 6.20 Å². The molecule has 0 fully saturated rings. The molecule has 0 atom stereocenters. The summed E-state index contributed by atoms with van der Waals surface area (Å²) in [7, 11) is 3.52. The summed E-state index contributed by atoms with van der Waals surface area (Å²) in [4.78, 5) is 17.9. The van der Waals surface area contributed by atoms with E-state index in [4.69, 9.17) is 11.6 Å². The van der Waals surface area contributed by atoms with Gasteiger partial charge in [0, 0.05) is 38.6 Å². The van der Waals surface area contributed by atoms with Crippen molar-refractivity contribution in [3.63, 3.8) is 0 Å². The van der Waals surface area contributed by atoms with E-state index >= 15 is 0 Å². The standard InChI is InChI=1S/C16H14ClF3N6O/c1-24(8-10-5-22-25(2)9-10)12-7-23-26(15(27)14(12)17)13-4-3-11(6-21-13)16(18,19)20/h3-7,9H,8H2,1-2H3. The van der Waals surface area contributed by atoms with Gasteiger partial charge >= 0.3 is 6.18 Å². The van der Waals surface area contributed by atoms with Crippen molar-refractivity contribution in [1.29, 1.82) is 0 Å². The minimum absolute atomic E-state index is 0.0589. The average Bonchev–Trinajstić information content (AvgIpc) is 3.01. The molecule has 0 bridgehead atoms. The summed E-state index contributed by atoms with van der Waals surface area (Å²) >= 11 is 6.17. The summed E-state index contributed by atoms with van der Waals surface area (Å²) in [6, 6.07) is 1.89. The maximum atomic E-state index is 12.6. The van der Waals surface area contributed by atoms with E-state index in [2.05, 4.69) is 15.2 Å². The lowest BCUT2D eigenvalue weighted by atomic mass is 10.3. The van der Waals surface area contributed by atoms with Crippen LogP contribution >= 0.6 is 11.6 Å². The highest BCUT2D eigenvalue weighted by atomic mass is 35.5. The van der Waals surface area contributed by atoms with E-state index in [0.717, 1.165) is 22.4 Å². The molecule has 3 heterocycles. The van der Waals surface area contributed by atoms with Crippen LogP contribution in [0, 0.1) is 0 Å². The molecule has 0 aliphatic rings. The zero-order valence-electron chi connectivity index (χ0n) is 14.3. The summed E-state index contributed by atoms with van der Waals surface area (Å²) < 4.78 is 40.4. The Balaban J connectivity index is 1.89. The molecule has 0 saturated heterocycles. The van der Waals surface area contributed by atoms with Crippen molar-refractivity contribution in [3.8, 4) is 5.82 Å². The van der Waals surface area contributed by atoms with Gasteiger partial charge in [-0.05, 0) is 12.1 Å². The molecule has 3 rings (SSSR count). The van der Waals surface area contributed by atoms with Gasteiger partial charge in [-0.2, -0.15) is 28.1 Å². The molecule has 0 aliphatic heterocycles. The highest BCUT2D eigenvalue weighted by Crippen LogP contribution is 2.28. The van der Waals surface area contributed by atoms with Gasteiger partial charge in [0.05, 0.1) is 23.6 Å². The molecule has 0 unspecified atom stereocenters. The van der Waals surface area contributed by atoms with E-state index in [1.165, 1.54) is 6.20 Å². The zero-order valence-corrected chi connectivity index (χ0v) is 15.0. The smallest absolute Gasteiger partial charge is 0.367 e. The van der Waals surface area contributed by atoms with E-state index in [1.54, 1.807) is 29.9 Å². The van der Waals surface area contributed by atoms with Crippen molar-refractivity contribution in [2.45, 2.75) is 12.7 Å². The molecule has 142 valence electrons. The fourth-order valence-electron chi connectivity index (χ4n) is 2.44. The molecule has 0 radical (unpaired) electrons. The maximum Gasteiger partial charge on any atom is 0.417 e. The second kappa shape index (κ2) is 7.03. The Morgan fingerprint density at radius 3 is 2.48 bits per heavy atom. The first-order valence-corrected chi connectivity index (χ1v) is 8.04. The minimum atomic E-state index is -4.51. The molecule has 3 aromatic rings.